The van der Waals surface area contributed by atoms with Crippen molar-refractivity contribution in [3.8, 4) is 0 Å². The van der Waals surface area contributed by atoms with Crippen molar-refractivity contribution in [2.75, 3.05) is 0 Å². The number of rotatable bonds is 3. The van der Waals surface area contributed by atoms with Crippen LogP contribution in [0, 0.1) is 11.8 Å². The van der Waals surface area contributed by atoms with Crippen molar-refractivity contribution in [1.82, 2.24) is 9.55 Å². The van der Waals surface area contributed by atoms with Gasteiger partial charge in [0.05, 0.1) is 16.6 Å². The molecule has 1 aliphatic carbocycles. The molecule has 1 saturated carbocycles. The minimum Gasteiger partial charge on any atom is -0.478 e. The molecule has 1 aromatic carbocycles. The second-order valence-electron chi connectivity index (χ2n) is 6.18. The van der Waals surface area contributed by atoms with E-state index in [1.54, 1.807) is 10.6 Å². The molecule has 2 unspecified atom stereocenters. The molecule has 2 atom stereocenters. The Labute approximate surface area is 122 Å². The van der Waals surface area contributed by atoms with Crippen LogP contribution in [0.4, 0.5) is 0 Å². The Balaban J connectivity index is 1.99. The molecule has 0 spiro atoms. The van der Waals surface area contributed by atoms with Gasteiger partial charge in [0.2, 0.25) is 0 Å². The van der Waals surface area contributed by atoms with E-state index in [1.807, 2.05) is 6.07 Å². The third kappa shape index (κ3) is 2.60. The summed E-state index contributed by atoms with van der Waals surface area (Å²) in [5.74, 6) is 0.193. The summed E-state index contributed by atoms with van der Waals surface area (Å²) in [5, 5.41) is 9.21. The molecular weight excluding hydrogens is 268 g/mol. The van der Waals surface area contributed by atoms with Crippen LogP contribution in [0.25, 0.3) is 11.0 Å². The molecule has 2 aromatic rings. The van der Waals surface area contributed by atoms with Crippen LogP contribution in [0.3, 0.4) is 0 Å². The number of carbonyl (C=O) groups is 1. The standard InChI is InChI=1S/C16H20N2O3/c1-10-4-2-5-11(8-10)9-18-13-7-3-6-12(15(19)20)14(13)17-16(18)21/h3,6-7,10-11H,2,4-5,8-9H2,1H3,(H,17,21)(H,19,20). The first-order valence-electron chi connectivity index (χ1n) is 7.51. The highest BCUT2D eigenvalue weighted by Crippen LogP contribution is 2.30. The largest absolute Gasteiger partial charge is 0.478 e. The lowest BCUT2D eigenvalue weighted by molar-refractivity contribution is 0.0699. The molecule has 1 aromatic heterocycles. The van der Waals surface area contributed by atoms with E-state index in [1.165, 1.54) is 18.9 Å². The first-order valence-corrected chi connectivity index (χ1v) is 7.51. The lowest BCUT2D eigenvalue weighted by atomic mass is 9.82. The van der Waals surface area contributed by atoms with Crippen molar-refractivity contribution in [3.05, 3.63) is 34.2 Å². The number of benzene rings is 1. The van der Waals surface area contributed by atoms with Gasteiger partial charge in [-0.25, -0.2) is 9.59 Å². The summed E-state index contributed by atoms with van der Waals surface area (Å²) in [6.07, 6.45) is 4.76. The van der Waals surface area contributed by atoms with E-state index in [4.69, 9.17) is 0 Å². The fraction of sp³-hybridized carbons (Fsp3) is 0.500. The molecular formula is C16H20N2O3. The van der Waals surface area contributed by atoms with Gasteiger partial charge in [0, 0.05) is 6.54 Å². The second-order valence-corrected chi connectivity index (χ2v) is 6.18. The van der Waals surface area contributed by atoms with Gasteiger partial charge >= 0.3 is 11.7 Å². The van der Waals surface area contributed by atoms with Gasteiger partial charge in [0.25, 0.3) is 0 Å². The average molecular weight is 288 g/mol. The Kier molecular flexibility index (Phi) is 3.57. The average Bonchev–Trinajstić information content (AvgIpc) is 2.75. The number of carboxylic acid groups (broad SMARTS) is 1. The monoisotopic (exact) mass is 288 g/mol. The molecule has 0 bridgehead atoms. The van der Waals surface area contributed by atoms with Crippen LogP contribution in [0.15, 0.2) is 23.0 Å². The highest BCUT2D eigenvalue weighted by atomic mass is 16.4. The number of nitrogens with zero attached hydrogens (tertiary/aromatic N) is 1. The third-order valence-electron chi connectivity index (χ3n) is 4.53. The number of nitrogens with one attached hydrogen (secondary N) is 1. The van der Waals surface area contributed by atoms with Gasteiger partial charge in [0.1, 0.15) is 0 Å². The highest BCUT2D eigenvalue weighted by Gasteiger charge is 2.21. The van der Waals surface area contributed by atoms with Crippen LogP contribution < -0.4 is 5.69 Å². The summed E-state index contributed by atoms with van der Waals surface area (Å²) in [5.41, 5.74) is 1.06. The molecule has 0 saturated heterocycles. The Bertz CT molecular complexity index is 729. The van der Waals surface area contributed by atoms with Gasteiger partial charge in [-0.15, -0.1) is 0 Å². The van der Waals surface area contributed by atoms with Gasteiger partial charge in [0.15, 0.2) is 0 Å². The van der Waals surface area contributed by atoms with Crippen LogP contribution in [0.2, 0.25) is 0 Å². The maximum Gasteiger partial charge on any atom is 0.337 e. The number of aromatic nitrogens is 2. The zero-order chi connectivity index (χ0) is 15.0. The van der Waals surface area contributed by atoms with Crippen LogP contribution in [0.1, 0.15) is 43.0 Å². The fourth-order valence-corrected chi connectivity index (χ4v) is 3.52. The van der Waals surface area contributed by atoms with Gasteiger partial charge in [-0.3, -0.25) is 4.57 Å². The predicted molar refractivity (Wildman–Crippen MR) is 80.6 cm³/mol. The van der Waals surface area contributed by atoms with Crippen molar-refractivity contribution in [2.45, 2.75) is 39.2 Å². The van der Waals surface area contributed by atoms with Crippen LogP contribution in [-0.4, -0.2) is 20.6 Å². The van der Waals surface area contributed by atoms with E-state index in [0.717, 1.165) is 12.8 Å². The minimum absolute atomic E-state index is 0.153. The number of hydrogen-bond donors (Lipinski definition) is 2. The zero-order valence-corrected chi connectivity index (χ0v) is 12.1. The number of aromatic amines is 1. The van der Waals surface area contributed by atoms with E-state index < -0.39 is 5.97 Å². The number of H-pyrrole nitrogens is 1. The Morgan fingerprint density at radius 2 is 2.24 bits per heavy atom. The third-order valence-corrected chi connectivity index (χ3v) is 4.53. The van der Waals surface area contributed by atoms with E-state index in [9.17, 15) is 14.7 Å². The van der Waals surface area contributed by atoms with Crippen LogP contribution in [-0.2, 0) is 6.54 Å². The molecule has 21 heavy (non-hydrogen) atoms. The topological polar surface area (TPSA) is 75.1 Å². The quantitative estimate of drug-likeness (QED) is 0.912. The van der Waals surface area contributed by atoms with Crippen LogP contribution >= 0.6 is 0 Å². The molecule has 0 amide bonds. The lowest BCUT2D eigenvalue weighted by Crippen LogP contribution is -2.24. The van der Waals surface area contributed by atoms with Crippen molar-refractivity contribution in [3.63, 3.8) is 0 Å². The molecule has 0 radical (unpaired) electrons. The van der Waals surface area contributed by atoms with E-state index in [-0.39, 0.29) is 11.3 Å². The molecule has 0 aliphatic heterocycles. The first kappa shape index (κ1) is 13.9. The Morgan fingerprint density at radius 1 is 1.43 bits per heavy atom. The van der Waals surface area contributed by atoms with Crippen molar-refractivity contribution in [2.24, 2.45) is 11.8 Å². The number of aromatic carboxylic acids is 1. The summed E-state index contributed by atoms with van der Waals surface area (Å²) >= 11 is 0. The molecule has 3 rings (SSSR count). The summed E-state index contributed by atoms with van der Waals surface area (Å²) in [7, 11) is 0. The Morgan fingerprint density at radius 3 is 2.95 bits per heavy atom. The molecule has 112 valence electrons. The smallest absolute Gasteiger partial charge is 0.337 e. The van der Waals surface area contributed by atoms with Crippen LogP contribution in [0.5, 0.6) is 0 Å². The lowest BCUT2D eigenvalue weighted by Gasteiger charge is -2.26. The summed E-state index contributed by atoms with van der Waals surface area (Å²) in [6, 6.07) is 5.03. The van der Waals surface area contributed by atoms with Gasteiger partial charge in [-0.1, -0.05) is 25.8 Å². The maximum absolute atomic E-state index is 12.2. The van der Waals surface area contributed by atoms with Crippen molar-refractivity contribution < 1.29 is 9.90 Å². The van der Waals surface area contributed by atoms with E-state index >= 15 is 0 Å². The summed E-state index contributed by atoms with van der Waals surface area (Å²) < 4.78 is 1.70. The molecule has 2 N–H and O–H groups in total. The van der Waals surface area contributed by atoms with E-state index in [2.05, 4.69) is 11.9 Å². The predicted octanol–water partition coefficient (Wildman–Crippen LogP) is 2.85. The van der Waals surface area contributed by atoms with Gasteiger partial charge < -0.3 is 10.1 Å². The SMILES string of the molecule is CC1CCCC(Cn2c(=O)[nH]c3c(C(=O)O)cccc32)C1. The number of fused-ring (bicyclic) bond motifs is 1. The molecule has 1 fully saturated rings. The van der Waals surface area contributed by atoms with Crippen molar-refractivity contribution in [1.29, 1.82) is 0 Å². The Hall–Kier alpha value is -2.04. The first-order chi connectivity index (χ1) is 10.1. The molecule has 5 nitrogen and oxygen atoms in total. The highest BCUT2D eigenvalue weighted by molar-refractivity contribution is 6.00. The van der Waals surface area contributed by atoms with Crippen molar-refractivity contribution >= 4 is 17.0 Å². The molecule has 5 heteroatoms. The number of hydrogen-bond acceptors (Lipinski definition) is 2. The molecule has 1 aliphatic rings. The van der Waals surface area contributed by atoms with E-state index in [0.29, 0.717) is 29.4 Å². The maximum atomic E-state index is 12.2. The summed E-state index contributed by atoms with van der Waals surface area (Å²) in [6.45, 7) is 2.93. The second kappa shape index (κ2) is 5.39. The minimum atomic E-state index is -1.01. The summed E-state index contributed by atoms with van der Waals surface area (Å²) in [4.78, 5) is 26.1. The number of carboxylic acids is 1. The number of para-hydroxylation sites is 1. The normalized spacial score (nSPS) is 22.5. The number of imidazole rings is 1. The zero-order valence-electron chi connectivity index (χ0n) is 12.1. The van der Waals surface area contributed by atoms with Gasteiger partial charge in [-0.05, 0) is 36.8 Å². The van der Waals surface area contributed by atoms with Gasteiger partial charge in [-0.2, -0.15) is 0 Å². The molecule has 1 heterocycles. The fourth-order valence-electron chi connectivity index (χ4n) is 3.52.